The number of aliphatic hydroxyl groups excluding tert-OH is 5. The number of aliphatic hydroxyl groups is 5. The van der Waals surface area contributed by atoms with Crippen LogP contribution in [0.1, 0.15) is 41.5 Å². The van der Waals surface area contributed by atoms with Crippen molar-refractivity contribution in [1.82, 2.24) is 5.32 Å². The second-order valence-corrected chi connectivity index (χ2v) is 17.1. The van der Waals surface area contributed by atoms with Crippen molar-refractivity contribution in [2.45, 2.75) is 102 Å². The number of halogens is 1. The first-order valence-electron chi connectivity index (χ1n) is 20.0. The third kappa shape index (κ3) is 15.3. The Morgan fingerprint density at radius 2 is 1.30 bits per heavy atom. The number of carbonyl (C=O) groups excluding carboxylic acids is 4. The van der Waals surface area contributed by atoms with Crippen LogP contribution in [0.15, 0.2) is 72.8 Å². The number of rotatable bonds is 10. The van der Waals surface area contributed by atoms with Crippen LogP contribution in [0, 0.1) is 10.8 Å². The standard InChI is InChI=1S/C22H32N2O7.C12H20O5.C10H12N2O2.ClH/c1-22(2,3)11-10-15(25)17(26)18(27)19(30-5)20(28)23-13-12-31-16-9-7-6-8-14(16)24(4)21(13)29;1-12(2,3)6-5-7(13)9-8(14)10(16-4)11(15)17-9;1-12-8-4-2-3-5-9(8)14-6-7(11)10(12)13;/h6-11,13,15,17-19,25-27H,12H2,1-5H3,(H,23,28);5-10,13-14H,1-4H3;2-5,7H,6,11H2,1H3;1H/b11-10+;6-5+;;/t13-,15+,17-,18+,19+;7-,8-,9+,10-;7-;/m010./s1. The number of hydrogen-bond donors (Lipinski definition) is 7. The fraction of sp³-hybridized carbons (Fsp3) is 0.545. The summed E-state index contributed by atoms with van der Waals surface area (Å²) in [5.74, 6) is -0.777. The average Bonchev–Trinajstić information content (AvgIpc) is 3.40. The maximum Gasteiger partial charge on any atom is 0.338 e. The van der Waals surface area contributed by atoms with Crippen molar-refractivity contribution < 1.29 is 68.4 Å². The van der Waals surface area contributed by atoms with Crippen molar-refractivity contribution in [3.63, 3.8) is 0 Å². The van der Waals surface area contributed by atoms with Crippen molar-refractivity contribution in [2.24, 2.45) is 16.6 Å². The molecule has 0 radical (unpaired) electrons. The van der Waals surface area contributed by atoms with E-state index >= 15 is 0 Å². The van der Waals surface area contributed by atoms with Gasteiger partial charge in [0.1, 0.15) is 67.3 Å². The third-order valence-electron chi connectivity index (χ3n) is 9.70. The van der Waals surface area contributed by atoms with E-state index < -0.39 is 78.7 Å². The largest absolute Gasteiger partial charge is 0.489 e. The summed E-state index contributed by atoms with van der Waals surface area (Å²) in [7, 11) is 5.77. The predicted molar refractivity (Wildman–Crippen MR) is 237 cm³/mol. The minimum atomic E-state index is -1.73. The van der Waals surface area contributed by atoms with Crippen molar-refractivity contribution in [1.29, 1.82) is 0 Å². The smallest absolute Gasteiger partial charge is 0.338 e. The van der Waals surface area contributed by atoms with E-state index in [-0.39, 0.29) is 42.4 Å². The zero-order valence-electron chi connectivity index (χ0n) is 37.4. The topological polar surface area (TPSA) is 260 Å². The van der Waals surface area contributed by atoms with Gasteiger partial charge in [0.2, 0.25) is 5.91 Å². The Hall–Kier alpha value is -4.63. The molecule has 63 heavy (non-hydrogen) atoms. The summed E-state index contributed by atoms with van der Waals surface area (Å²) in [6.45, 7) is 11.8. The molecule has 0 unspecified atom stereocenters. The molecule has 3 aliphatic heterocycles. The van der Waals surface area contributed by atoms with Crippen molar-refractivity contribution in [3.05, 3.63) is 72.8 Å². The van der Waals surface area contributed by atoms with Crippen molar-refractivity contribution >= 4 is 47.5 Å². The number of esters is 1. The van der Waals surface area contributed by atoms with E-state index in [1.54, 1.807) is 50.5 Å². The highest BCUT2D eigenvalue weighted by atomic mass is 35.5. The van der Waals surface area contributed by atoms with Gasteiger partial charge in [-0.25, -0.2) is 4.79 Å². The number of allylic oxidation sites excluding steroid dienone is 2. The Labute approximate surface area is 375 Å². The quantitative estimate of drug-likeness (QED) is 0.131. The van der Waals surface area contributed by atoms with Gasteiger partial charge < -0.3 is 70.1 Å². The molecule has 0 saturated carbocycles. The maximum absolute atomic E-state index is 12.8. The molecule has 0 aliphatic carbocycles. The summed E-state index contributed by atoms with van der Waals surface area (Å²) in [6.07, 6.45) is -4.14. The molecule has 0 spiro atoms. The lowest BCUT2D eigenvalue weighted by atomic mass is 9.94. The van der Waals surface area contributed by atoms with E-state index in [1.165, 1.54) is 36.2 Å². The van der Waals surface area contributed by atoms with E-state index in [9.17, 15) is 44.7 Å². The van der Waals surface area contributed by atoms with Crippen LogP contribution in [0.2, 0.25) is 0 Å². The molecule has 18 nitrogen and oxygen atoms in total. The lowest BCUT2D eigenvalue weighted by Crippen LogP contribution is -2.56. The first-order valence-corrected chi connectivity index (χ1v) is 20.0. The fourth-order valence-corrected chi connectivity index (χ4v) is 6.16. The molecule has 1 fully saturated rings. The molecular weight excluding hydrogens is 844 g/mol. The predicted octanol–water partition coefficient (Wildman–Crippen LogP) is 1.27. The number of ether oxygens (including phenoxy) is 5. The zero-order valence-corrected chi connectivity index (χ0v) is 38.2. The molecule has 5 rings (SSSR count). The Morgan fingerprint density at radius 3 is 1.79 bits per heavy atom. The van der Waals surface area contributed by atoms with Crippen molar-refractivity contribution in [3.8, 4) is 11.5 Å². The van der Waals surface area contributed by atoms with Crippen LogP contribution < -0.4 is 30.3 Å². The molecule has 352 valence electrons. The van der Waals surface area contributed by atoms with Gasteiger partial charge in [-0.1, -0.05) is 90.1 Å². The molecule has 3 heterocycles. The van der Waals surface area contributed by atoms with Crippen LogP contribution in [-0.4, -0.2) is 152 Å². The monoisotopic (exact) mass is 908 g/mol. The van der Waals surface area contributed by atoms with Gasteiger partial charge in [0.25, 0.3) is 11.8 Å². The molecular formula is C44H65ClN4O14. The molecule has 2 aromatic rings. The SMILES string of the molecule is CN1C(=O)[C@@H](N)COc2ccccc21.CO[C@@H](C(=O)N[C@H]1COc2ccccc2N(C)C1=O)[C@H](O)[C@@H](O)[C@H](O)/C=C/C(C)(C)C.CO[C@H]1C(=O)O[C@@H]([C@H](O)/C=C/C(C)(C)C)[C@H]1O.Cl. The number of nitrogens with one attached hydrogen (secondary N) is 1. The average molecular weight is 909 g/mol. The number of carbonyl (C=O) groups is 4. The number of fused-ring (bicyclic) bond motifs is 2. The molecule has 0 bridgehead atoms. The molecule has 2 aromatic carbocycles. The number of likely N-dealkylation sites (N-methyl/N-ethyl adjacent to an activating group) is 2. The fourth-order valence-electron chi connectivity index (χ4n) is 6.16. The highest BCUT2D eigenvalue weighted by molar-refractivity contribution is 6.01. The molecule has 19 heteroatoms. The lowest BCUT2D eigenvalue weighted by molar-refractivity contribution is -0.151. The number of nitrogens with two attached hydrogens (primary N) is 1. The van der Waals surface area contributed by atoms with Crippen LogP contribution in [0.4, 0.5) is 11.4 Å². The number of methoxy groups -OCH3 is 2. The third-order valence-corrected chi connectivity index (χ3v) is 9.70. The first kappa shape index (κ1) is 54.5. The summed E-state index contributed by atoms with van der Waals surface area (Å²) in [5, 5.41) is 53.0. The van der Waals surface area contributed by atoms with Gasteiger partial charge in [-0.05, 0) is 35.1 Å². The maximum atomic E-state index is 12.8. The van der Waals surface area contributed by atoms with Crippen LogP contribution in [0.25, 0.3) is 0 Å². The second kappa shape index (κ2) is 23.9. The van der Waals surface area contributed by atoms with Gasteiger partial charge in [0, 0.05) is 28.3 Å². The van der Waals surface area contributed by atoms with Crippen LogP contribution >= 0.6 is 12.4 Å². The van der Waals surface area contributed by atoms with Crippen molar-refractivity contribution in [2.75, 3.05) is 51.3 Å². The van der Waals surface area contributed by atoms with Gasteiger partial charge in [-0.2, -0.15) is 0 Å². The number of amides is 3. The Bertz CT molecular complexity index is 1880. The van der Waals surface area contributed by atoms with E-state index in [4.69, 9.17) is 29.4 Å². The van der Waals surface area contributed by atoms with Crippen LogP contribution in [0.3, 0.4) is 0 Å². The molecule has 3 aliphatic rings. The second-order valence-electron chi connectivity index (χ2n) is 17.1. The summed E-state index contributed by atoms with van der Waals surface area (Å²) in [6, 6.07) is 12.8. The Kier molecular flexibility index (Phi) is 20.7. The number of nitrogens with zero attached hydrogens (tertiary/aromatic N) is 2. The highest BCUT2D eigenvalue weighted by Crippen LogP contribution is 2.31. The zero-order chi connectivity index (χ0) is 46.7. The molecule has 8 N–H and O–H groups in total. The van der Waals surface area contributed by atoms with Gasteiger partial charge >= 0.3 is 5.97 Å². The van der Waals surface area contributed by atoms with Gasteiger partial charge in [-0.15, -0.1) is 12.4 Å². The van der Waals surface area contributed by atoms with E-state index in [2.05, 4.69) is 5.32 Å². The highest BCUT2D eigenvalue weighted by Gasteiger charge is 2.47. The number of hydrogen-bond acceptors (Lipinski definition) is 15. The van der Waals surface area contributed by atoms with Crippen LogP contribution in [-0.2, 0) is 33.4 Å². The summed E-state index contributed by atoms with van der Waals surface area (Å²) in [5.41, 5.74) is 6.64. The Morgan fingerprint density at radius 1 is 0.810 bits per heavy atom. The number of para-hydroxylation sites is 4. The molecule has 10 atom stereocenters. The van der Waals surface area contributed by atoms with Gasteiger partial charge in [0.05, 0.1) is 11.4 Å². The summed E-state index contributed by atoms with van der Waals surface area (Å²) in [4.78, 5) is 51.3. The van der Waals surface area contributed by atoms with Crippen LogP contribution in [0.5, 0.6) is 11.5 Å². The molecule has 1 saturated heterocycles. The van der Waals surface area contributed by atoms with Gasteiger partial charge in [0.15, 0.2) is 18.3 Å². The number of cyclic esters (lactones) is 1. The minimum absolute atomic E-state index is 0. The molecule has 3 amide bonds. The number of anilines is 2. The minimum Gasteiger partial charge on any atom is -0.489 e. The van der Waals surface area contributed by atoms with E-state index in [1.807, 2.05) is 65.8 Å². The summed E-state index contributed by atoms with van der Waals surface area (Å²) >= 11 is 0. The Balaban J connectivity index is 0.000000357. The van der Waals surface area contributed by atoms with E-state index in [0.29, 0.717) is 17.2 Å². The first-order chi connectivity index (χ1) is 28.9. The summed E-state index contributed by atoms with van der Waals surface area (Å²) < 4.78 is 25.8. The van der Waals surface area contributed by atoms with E-state index in [0.717, 1.165) is 5.69 Å². The number of benzene rings is 2. The lowest BCUT2D eigenvalue weighted by Gasteiger charge is -2.28. The molecule has 0 aromatic heterocycles. The van der Waals surface area contributed by atoms with Gasteiger partial charge in [-0.3, -0.25) is 14.4 Å². The normalized spacial score (nSPS) is 23.6.